The summed E-state index contributed by atoms with van der Waals surface area (Å²) in [4.78, 5) is 0. The first kappa shape index (κ1) is 11.0. The average Bonchev–Trinajstić information content (AvgIpc) is 1.27. The minimum absolute atomic E-state index is 0.694. The van der Waals surface area contributed by atoms with E-state index in [4.69, 9.17) is 0 Å². The van der Waals surface area contributed by atoms with Crippen molar-refractivity contribution in [3.8, 4) is 0 Å². The zero-order valence-corrected chi connectivity index (χ0v) is 4.85. The molecule has 0 saturated heterocycles. The van der Waals surface area contributed by atoms with Gasteiger partial charge in [-0.15, -0.1) is 0 Å². The van der Waals surface area contributed by atoms with E-state index in [9.17, 15) is 17.3 Å². The molecule has 0 saturated carbocycles. The molecular formula is C2H5BF4S-. The second-order valence-electron chi connectivity index (χ2n) is 0.718. The van der Waals surface area contributed by atoms with Crippen molar-refractivity contribution >= 4 is 19.9 Å². The second-order valence-corrected chi connectivity index (χ2v) is 1.17. The molecule has 51 valence electrons. The molecule has 1 radical (unpaired) electrons. The van der Waals surface area contributed by atoms with Crippen LogP contribution in [0.2, 0.25) is 0 Å². The second kappa shape index (κ2) is 5.28. The Bertz CT molecular complexity index is 37.8. The summed E-state index contributed by atoms with van der Waals surface area (Å²) < 4.78 is 39.0. The van der Waals surface area contributed by atoms with Crippen LogP contribution in [0, 0.1) is 6.92 Å². The summed E-state index contributed by atoms with van der Waals surface area (Å²) >= 11 is 3.68. The molecule has 0 bridgehead atoms. The van der Waals surface area contributed by atoms with Crippen molar-refractivity contribution in [1.82, 2.24) is 0 Å². The Morgan fingerprint density at radius 3 is 1.25 bits per heavy atom. The highest BCUT2D eigenvalue weighted by atomic mass is 32.1. The number of rotatable bonds is 0. The molecule has 0 atom stereocenters. The lowest BCUT2D eigenvalue weighted by Crippen LogP contribution is -2.02. The highest BCUT2D eigenvalue weighted by Gasteiger charge is 2.20. The van der Waals surface area contributed by atoms with Crippen LogP contribution in [-0.2, 0) is 0 Å². The monoisotopic (exact) mass is 148 g/mol. The fourth-order valence-corrected chi connectivity index (χ4v) is 0. The molecule has 6 heteroatoms. The van der Waals surface area contributed by atoms with Crippen molar-refractivity contribution in [2.24, 2.45) is 0 Å². The van der Waals surface area contributed by atoms with Crippen molar-refractivity contribution in [3.05, 3.63) is 6.92 Å². The molecule has 0 aromatic rings. The minimum atomic E-state index is -6.00. The molecule has 0 aliphatic heterocycles. The van der Waals surface area contributed by atoms with E-state index >= 15 is 0 Å². The van der Waals surface area contributed by atoms with Gasteiger partial charge in [0.1, 0.15) is 0 Å². The van der Waals surface area contributed by atoms with Gasteiger partial charge in [0.25, 0.3) is 0 Å². The summed E-state index contributed by atoms with van der Waals surface area (Å²) in [5, 5.41) is 0. The van der Waals surface area contributed by atoms with Gasteiger partial charge in [-0.2, -0.15) is 12.6 Å². The van der Waals surface area contributed by atoms with Gasteiger partial charge >= 0.3 is 7.25 Å². The molecule has 0 fully saturated rings. The largest absolute Gasteiger partial charge is 0.673 e. The van der Waals surface area contributed by atoms with Crippen molar-refractivity contribution in [3.63, 3.8) is 0 Å². The van der Waals surface area contributed by atoms with Gasteiger partial charge < -0.3 is 17.3 Å². The summed E-state index contributed by atoms with van der Waals surface area (Å²) in [6, 6.07) is 0. The Balaban J connectivity index is 0. The Kier molecular flexibility index (Phi) is 7.26. The van der Waals surface area contributed by atoms with E-state index in [2.05, 4.69) is 19.6 Å². The lowest BCUT2D eigenvalue weighted by Gasteiger charge is -1.94. The molecular weight excluding hydrogens is 143 g/mol. The predicted octanol–water partition coefficient (Wildman–Crippen LogP) is 2.05. The van der Waals surface area contributed by atoms with Crippen LogP contribution >= 0.6 is 12.6 Å². The molecule has 0 heterocycles. The molecule has 0 N–H and O–H groups in total. The molecule has 8 heavy (non-hydrogen) atoms. The van der Waals surface area contributed by atoms with Gasteiger partial charge in [-0.3, -0.25) is 0 Å². The van der Waals surface area contributed by atoms with E-state index in [-0.39, 0.29) is 0 Å². The Morgan fingerprint density at radius 2 is 1.25 bits per heavy atom. The van der Waals surface area contributed by atoms with Gasteiger partial charge in [-0.25, -0.2) is 0 Å². The smallest absolute Gasteiger partial charge is 0.418 e. The first-order chi connectivity index (χ1) is 3.41. The lowest BCUT2D eigenvalue weighted by atomic mass is 10.3. The highest BCUT2D eigenvalue weighted by molar-refractivity contribution is 7.80. The molecule has 0 rings (SSSR count). The van der Waals surface area contributed by atoms with Crippen molar-refractivity contribution in [2.75, 3.05) is 5.75 Å². The molecule has 0 aromatic carbocycles. The third-order valence-corrected chi connectivity index (χ3v) is 0. The molecule has 0 aliphatic carbocycles. The fraction of sp³-hybridized carbons (Fsp3) is 0.500. The van der Waals surface area contributed by atoms with Crippen molar-refractivity contribution in [2.45, 2.75) is 0 Å². The van der Waals surface area contributed by atoms with Gasteiger partial charge in [-0.05, 0) is 12.7 Å². The normalized spacial score (nSPS) is 9.75. The van der Waals surface area contributed by atoms with Crippen LogP contribution in [-0.4, -0.2) is 13.0 Å². The van der Waals surface area contributed by atoms with E-state index in [1.54, 1.807) is 0 Å². The molecule has 0 unspecified atom stereocenters. The molecule has 0 amide bonds. The van der Waals surface area contributed by atoms with Crippen molar-refractivity contribution < 1.29 is 17.3 Å². The molecule has 0 spiro atoms. The van der Waals surface area contributed by atoms with Crippen LogP contribution in [0.15, 0.2) is 0 Å². The molecule has 0 nitrogen and oxygen atoms in total. The summed E-state index contributed by atoms with van der Waals surface area (Å²) in [5.74, 6) is 0.694. The average molecular weight is 148 g/mol. The third kappa shape index (κ3) is 8880. The van der Waals surface area contributed by atoms with Gasteiger partial charge in [0.2, 0.25) is 0 Å². The molecule has 0 aromatic heterocycles. The SMILES string of the molecule is F[B-](F)(F)F.[CH2]CS. The van der Waals surface area contributed by atoms with Crippen LogP contribution in [0.3, 0.4) is 0 Å². The zero-order chi connectivity index (χ0) is 7.21. The quantitative estimate of drug-likeness (QED) is 0.303. The lowest BCUT2D eigenvalue weighted by molar-refractivity contribution is 0.368. The maximum Gasteiger partial charge on any atom is 0.673 e. The highest BCUT2D eigenvalue weighted by Crippen LogP contribution is 2.06. The van der Waals surface area contributed by atoms with E-state index in [1.807, 2.05) is 0 Å². The minimum Gasteiger partial charge on any atom is -0.418 e. The summed E-state index contributed by atoms with van der Waals surface area (Å²) in [6.45, 7) is 3.35. The van der Waals surface area contributed by atoms with E-state index in [0.29, 0.717) is 5.75 Å². The zero-order valence-electron chi connectivity index (χ0n) is 3.95. The number of hydrogen-bond acceptors (Lipinski definition) is 1. The van der Waals surface area contributed by atoms with E-state index in [0.717, 1.165) is 0 Å². The summed E-state index contributed by atoms with van der Waals surface area (Å²) in [5.41, 5.74) is 0. The predicted molar refractivity (Wildman–Crippen MR) is 29.4 cm³/mol. The Morgan fingerprint density at radius 1 is 1.25 bits per heavy atom. The fourth-order valence-electron chi connectivity index (χ4n) is 0. The van der Waals surface area contributed by atoms with Crippen LogP contribution in [0.5, 0.6) is 0 Å². The van der Waals surface area contributed by atoms with Crippen molar-refractivity contribution in [1.29, 1.82) is 0 Å². The van der Waals surface area contributed by atoms with E-state index in [1.165, 1.54) is 0 Å². The first-order valence-corrected chi connectivity index (χ1v) is 2.32. The standard InChI is InChI=1S/C2H5S.BF4/c1-2-3;2-1(3,4)5/h3H,1-2H2;/q;-1. The first-order valence-electron chi connectivity index (χ1n) is 1.69. The van der Waals surface area contributed by atoms with E-state index < -0.39 is 7.25 Å². The number of thiol groups is 1. The summed E-state index contributed by atoms with van der Waals surface area (Å²) in [6.07, 6.45) is 0. The number of hydrogen-bond donors (Lipinski definition) is 1. The topological polar surface area (TPSA) is 0 Å². The Hall–Kier alpha value is 0.135. The molecule has 0 aliphatic rings. The van der Waals surface area contributed by atoms with Gasteiger partial charge in [0, 0.05) is 0 Å². The maximum absolute atomic E-state index is 9.75. The maximum atomic E-state index is 9.75. The van der Waals surface area contributed by atoms with Crippen LogP contribution in [0.1, 0.15) is 0 Å². The van der Waals surface area contributed by atoms with Crippen LogP contribution < -0.4 is 0 Å². The van der Waals surface area contributed by atoms with Crippen LogP contribution in [0.25, 0.3) is 0 Å². The third-order valence-electron chi connectivity index (χ3n) is 0. The van der Waals surface area contributed by atoms with Gasteiger partial charge in [0.05, 0.1) is 0 Å². The van der Waals surface area contributed by atoms with Gasteiger partial charge in [0.15, 0.2) is 0 Å². The number of halogens is 4. The summed E-state index contributed by atoms with van der Waals surface area (Å²) in [7, 11) is -6.00. The Labute approximate surface area is 50.8 Å². The van der Waals surface area contributed by atoms with Crippen LogP contribution in [0.4, 0.5) is 17.3 Å². The van der Waals surface area contributed by atoms with Gasteiger partial charge in [-0.1, -0.05) is 0 Å².